The first-order valence-electron chi connectivity index (χ1n) is 4.76. The van der Waals surface area contributed by atoms with Crippen molar-refractivity contribution in [3.8, 4) is 0 Å². The molecule has 0 atom stereocenters. The molecule has 2 aromatic heterocycles. The largest absolute Gasteiger partial charge is 0.299 e. The van der Waals surface area contributed by atoms with Crippen LogP contribution in [0, 0.1) is 17.4 Å². The molecule has 0 aliphatic carbocycles. The number of rotatable bonds is 1. The third kappa shape index (κ3) is 1.89. The van der Waals surface area contributed by atoms with Crippen LogP contribution in [-0.2, 0) is 7.05 Å². The number of aryl methyl sites for hydroxylation is 3. The minimum Gasteiger partial charge on any atom is -0.274 e. The molecule has 0 unspecified atom stereocenters. The highest BCUT2D eigenvalue weighted by molar-refractivity contribution is 14.1. The van der Waals surface area contributed by atoms with Crippen molar-refractivity contribution in [1.29, 1.82) is 0 Å². The lowest BCUT2D eigenvalue weighted by atomic mass is 10.4. The van der Waals surface area contributed by atoms with E-state index in [0.717, 1.165) is 15.0 Å². The summed E-state index contributed by atoms with van der Waals surface area (Å²) in [6.45, 7) is 3.72. The van der Waals surface area contributed by atoms with Crippen molar-refractivity contribution >= 4 is 28.5 Å². The normalized spacial score (nSPS) is 10.8. The van der Waals surface area contributed by atoms with Crippen molar-refractivity contribution in [3.63, 3.8) is 0 Å². The minimum atomic E-state index is -0.185. The molecule has 16 heavy (non-hydrogen) atoms. The van der Waals surface area contributed by atoms with Gasteiger partial charge < -0.3 is 0 Å². The summed E-state index contributed by atoms with van der Waals surface area (Å²) in [6, 6.07) is 1.87. The molecule has 2 aromatic rings. The Bertz CT molecular complexity index is 507. The average Bonchev–Trinajstić information content (AvgIpc) is 2.68. The van der Waals surface area contributed by atoms with Crippen LogP contribution in [0.4, 0.5) is 0 Å². The molecule has 84 valence electrons. The van der Waals surface area contributed by atoms with Crippen LogP contribution in [0.5, 0.6) is 0 Å². The van der Waals surface area contributed by atoms with Gasteiger partial charge in [-0.05, 0) is 42.5 Å². The van der Waals surface area contributed by atoms with Gasteiger partial charge >= 0.3 is 0 Å². The average molecular weight is 330 g/mol. The fraction of sp³-hybridized carbons (Fsp3) is 0.300. The van der Waals surface area contributed by atoms with Crippen molar-refractivity contribution in [2.24, 2.45) is 7.05 Å². The van der Waals surface area contributed by atoms with E-state index in [4.69, 9.17) is 0 Å². The third-order valence-corrected chi connectivity index (χ3v) is 2.98. The molecule has 0 aliphatic rings. The second kappa shape index (κ2) is 4.00. The molecule has 0 amide bonds. The summed E-state index contributed by atoms with van der Waals surface area (Å²) in [5, 5.41) is 8.29. The van der Waals surface area contributed by atoms with Gasteiger partial charge in [0.25, 0.3) is 5.91 Å². The Hall–Kier alpha value is -1.18. The Morgan fingerprint density at radius 2 is 2.06 bits per heavy atom. The summed E-state index contributed by atoms with van der Waals surface area (Å²) in [6.07, 6.45) is 1.81. The highest BCUT2D eigenvalue weighted by Crippen LogP contribution is 2.12. The van der Waals surface area contributed by atoms with Crippen LogP contribution in [0.15, 0.2) is 12.3 Å². The SMILES string of the molecule is Cc1cc(C)n(C(=O)c2nn(C)cc2I)n1. The molecule has 0 aromatic carbocycles. The van der Waals surface area contributed by atoms with Crippen LogP contribution in [0.3, 0.4) is 0 Å². The molecule has 0 N–H and O–H groups in total. The molecular weight excluding hydrogens is 319 g/mol. The minimum absolute atomic E-state index is 0.185. The van der Waals surface area contributed by atoms with E-state index in [1.807, 2.05) is 19.9 Å². The first-order valence-corrected chi connectivity index (χ1v) is 5.84. The standard InChI is InChI=1S/C10H11IN4O/c1-6-4-7(2)15(12-6)10(16)9-8(11)5-14(3)13-9/h4-5H,1-3H3. The Morgan fingerprint density at radius 1 is 1.38 bits per heavy atom. The zero-order valence-corrected chi connectivity index (χ0v) is 11.4. The fourth-order valence-corrected chi connectivity index (χ4v) is 2.28. The van der Waals surface area contributed by atoms with Crippen LogP contribution < -0.4 is 0 Å². The number of carbonyl (C=O) groups is 1. The molecule has 2 heterocycles. The van der Waals surface area contributed by atoms with Crippen molar-refractivity contribution < 1.29 is 4.79 Å². The van der Waals surface area contributed by atoms with E-state index in [1.165, 1.54) is 4.68 Å². The van der Waals surface area contributed by atoms with Gasteiger partial charge in [-0.15, -0.1) is 0 Å². The van der Waals surface area contributed by atoms with Gasteiger partial charge in [-0.1, -0.05) is 0 Å². The number of nitrogens with zero attached hydrogens (tertiary/aromatic N) is 4. The molecule has 0 aliphatic heterocycles. The van der Waals surface area contributed by atoms with Gasteiger partial charge in [0.2, 0.25) is 0 Å². The fourth-order valence-electron chi connectivity index (χ4n) is 1.54. The predicted molar refractivity (Wildman–Crippen MR) is 67.4 cm³/mol. The van der Waals surface area contributed by atoms with E-state index in [-0.39, 0.29) is 5.91 Å². The molecular formula is C10H11IN4O. The monoisotopic (exact) mass is 330 g/mol. The lowest BCUT2D eigenvalue weighted by Crippen LogP contribution is -2.17. The first kappa shape index (κ1) is 11.3. The van der Waals surface area contributed by atoms with E-state index < -0.39 is 0 Å². The van der Waals surface area contributed by atoms with Gasteiger partial charge in [-0.25, -0.2) is 0 Å². The van der Waals surface area contributed by atoms with E-state index in [9.17, 15) is 4.79 Å². The van der Waals surface area contributed by atoms with Crippen LogP contribution in [0.1, 0.15) is 21.9 Å². The van der Waals surface area contributed by atoms with Crippen molar-refractivity contribution in [3.05, 3.63) is 32.9 Å². The van der Waals surface area contributed by atoms with Crippen LogP contribution in [0.2, 0.25) is 0 Å². The van der Waals surface area contributed by atoms with Gasteiger partial charge in [0.15, 0.2) is 5.69 Å². The summed E-state index contributed by atoms with van der Waals surface area (Å²) in [5.41, 5.74) is 2.09. The lowest BCUT2D eigenvalue weighted by Gasteiger charge is -1.99. The third-order valence-electron chi connectivity index (χ3n) is 2.19. The predicted octanol–water partition coefficient (Wildman–Crippen LogP) is 1.53. The quantitative estimate of drug-likeness (QED) is 0.745. The highest BCUT2D eigenvalue weighted by atomic mass is 127. The maximum absolute atomic E-state index is 12.1. The van der Waals surface area contributed by atoms with Gasteiger partial charge in [0.05, 0.1) is 9.26 Å². The van der Waals surface area contributed by atoms with Crippen LogP contribution in [0.25, 0.3) is 0 Å². The molecule has 5 nitrogen and oxygen atoms in total. The summed E-state index contributed by atoms with van der Waals surface area (Å²) < 4.78 is 3.85. The molecule has 0 saturated carbocycles. The summed E-state index contributed by atoms with van der Waals surface area (Å²) >= 11 is 2.10. The Morgan fingerprint density at radius 3 is 2.50 bits per heavy atom. The van der Waals surface area contributed by atoms with E-state index in [2.05, 4.69) is 32.8 Å². The van der Waals surface area contributed by atoms with E-state index in [0.29, 0.717) is 5.69 Å². The zero-order valence-electron chi connectivity index (χ0n) is 9.23. The topological polar surface area (TPSA) is 52.7 Å². The molecule has 6 heteroatoms. The van der Waals surface area contributed by atoms with Crippen LogP contribution >= 0.6 is 22.6 Å². The van der Waals surface area contributed by atoms with Crippen molar-refractivity contribution in [2.75, 3.05) is 0 Å². The highest BCUT2D eigenvalue weighted by Gasteiger charge is 2.18. The molecule has 0 fully saturated rings. The first-order chi connectivity index (χ1) is 7.49. The van der Waals surface area contributed by atoms with Gasteiger partial charge in [0, 0.05) is 18.9 Å². The number of hydrogen-bond donors (Lipinski definition) is 0. The van der Waals surface area contributed by atoms with Gasteiger partial charge in [-0.3, -0.25) is 9.48 Å². The lowest BCUT2D eigenvalue weighted by molar-refractivity contribution is 0.0935. The van der Waals surface area contributed by atoms with Gasteiger partial charge in [-0.2, -0.15) is 14.9 Å². The van der Waals surface area contributed by atoms with E-state index in [1.54, 1.807) is 17.9 Å². The molecule has 2 rings (SSSR count). The summed E-state index contributed by atoms with van der Waals surface area (Å²) in [4.78, 5) is 12.1. The maximum atomic E-state index is 12.1. The second-order valence-corrected chi connectivity index (χ2v) is 4.81. The Kier molecular flexibility index (Phi) is 2.83. The van der Waals surface area contributed by atoms with Crippen LogP contribution in [-0.4, -0.2) is 25.5 Å². The summed E-state index contributed by atoms with van der Waals surface area (Å²) in [5.74, 6) is -0.185. The smallest absolute Gasteiger partial charge is 0.274 e. The van der Waals surface area contributed by atoms with Crippen molar-refractivity contribution in [1.82, 2.24) is 19.6 Å². The molecule has 0 bridgehead atoms. The Labute approximate surface area is 107 Å². The van der Waals surface area contributed by atoms with Gasteiger partial charge in [0.1, 0.15) is 0 Å². The summed E-state index contributed by atoms with van der Waals surface area (Å²) in [7, 11) is 1.79. The molecule has 0 spiro atoms. The maximum Gasteiger partial charge on any atom is 0.299 e. The Balaban J connectivity index is 2.46. The number of aromatic nitrogens is 4. The number of halogens is 1. The number of carbonyl (C=O) groups excluding carboxylic acids is 1. The molecule has 0 radical (unpaired) electrons. The number of hydrogen-bond acceptors (Lipinski definition) is 3. The van der Waals surface area contributed by atoms with E-state index >= 15 is 0 Å². The zero-order chi connectivity index (χ0) is 11.9. The molecule has 0 saturated heterocycles. The second-order valence-electron chi connectivity index (χ2n) is 3.64. The van der Waals surface area contributed by atoms with Crippen molar-refractivity contribution in [2.45, 2.75) is 13.8 Å².